The first-order valence-corrected chi connectivity index (χ1v) is 8.53. The summed E-state index contributed by atoms with van der Waals surface area (Å²) in [7, 11) is 0. The molecule has 0 bridgehead atoms. The number of nitrogens with zero attached hydrogens (tertiary/aromatic N) is 2. The number of piperidine rings is 1. The lowest BCUT2D eigenvalue weighted by molar-refractivity contribution is 0.0926. The van der Waals surface area contributed by atoms with Crippen LogP contribution in [0.3, 0.4) is 0 Å². The highest BCUT2D eigenvalue weighted by molar-refractivity contribution is 6.34. The Labute approximate surface area is 141 Å². The van der Waals surface area contributed by atoms with Gasteiger partial charge in [0, 0.05) is 6.54 Å². The molecule has 0 spiro atoms. The Kier molecular flexibility index (Phi) is 3.90. The molecule has 2 aromatic rings. The van der Waals surface area contributed by atoms with Gasteiger partial charge in [-0.15, -0.1) is 0 Å². The maximum Gasteiger partial charge on any atom is 0.266 e. The molecule has 0 radical (unpaired) electrons. The van der Waals surface area contributed by atoms with E-state index in [4.69, 9.17) is 0 Å². The van der Waals surface area contributed by atoms with Crippen molar-refractivity contribution in [3.05, 3.63) is 65.2 Å². The molecule has 0 N–H and O–H groups in total. The molecule has 0 unspecified atom stereocenters. The maximum absolute atomic E-state index is 12.5. The summed E-state index contributed by atoms with van der Waals surface area (Å²) >= 11 is 0. The van der Waals surface area contributed by atoms with Crippen LogP contribution in [0, 0.1) is 0 Å². The number of hydrogen-bond donors (Lipinski definition) is 0. The van der Waals surface area contributed by atoms with Gasteiger partial charge in [-0.05, 0) is 55.8 Å². The highest BCUT2D eigenvalue weighted by Gasteiger charge is 2.36. The van der Waals surface area contributed by atoms with Gasteiger partial charge in [-0.1, -0.05) is 30.7 Å². The first-order chi connectivity index (χ1) is 11.7. The summed E-state index contributed by atoms with van der Waals surface area (Å²) in [5, 5.41) is 0. The van der Waals surface area contributed by atoms with Gasteiger partial charge in [0.1, 0.15) is 0 Å². The number of likely N-dealkylation sites (tertiary alicyclic amines) is 1. The Balaban J connectivity index is 1.53. The van der Waals surface area contributed by atoms with Crippen LogP contribution in [0.5, 0.6) is 0 Å². The summed E-state index contributed by atoms with van der Waals surface area (Å²) in [6, 6.07) is 14.8. The average molecular weight is 320 g/mol. The van der Waals surface area contributed by atoms with E-state index >= 15 is 0 Å². The Hall–Kier alpha value is -2.46. The molecule has 2 amide bonds. The second kappa shape index (κ2) is 6.21. The van der Waals surface area contributed by atoms with Crippen molar-refractivity contribution in [2.45, 2.75) is 25.8 Å². The molecule has 4 rings (SSSR count). The van der Waals surface area contributed by atoms with Gasteiger partial charge < -0.3 is 0 Å². The van der Waals surface area contributed by atoms with Gasteiger partial charge in [0.2, 0.25) is 0 Å². The predicted molar refractivity (Wildman–Crippen MR) is 93.2 cm³/mol. The fourth-order valence-corrected chi connectivity index (χ4v) is 3.55. The minimum atomic E-state index is -0.237. The van der Waals surface area contributed by atoms with Crippen LogP contribution in [0.4, 0.5) is 5.69 Å². The van der Waals surface area contributed by atoms with E-state index in [0.29, 0.717) is 16.8 Å². The number of carbonyl (C=O) groups excluding carboxylic acids is 2. The quantitative estimate of drug-likeness (QED) is 0.813. The third-order valence-corrected chi connectivity index (χ3v) is 4.84. The molecule has 122 valence electrons. The normalized spacial score (nSPS) is 18.1. The first-order valence-electron chi connectivity index (χ1n) is 8.53. The Morgan fingerprint density at radius 3 is 1.92 bits per heavy atom. The number of carbonyl (C=O) groups is 2. The molecule has 0 aromatic heterocycles. The molecule has 0 aliphatic carbocycles. The van der Waals surface area contributed by atoms with Gasteiger partial charge in [-0.25, -0.2) is 4.90 Å². The Bertz CT molecular complexity index is 741. The summed E-state index contributed by atoms with van der Waals surface area (Å²) in [6.45, 7) is 3.24. The molecular weight excluding hydrogens is 300 g/mol. The SMILES string of the molecule is O=C1c2ccccc2C(=O)N1c1ccc(CN2CCCCC2)cc1. The zero-order valence-corrected chi connectivity index (χ0v) is 13.6. The first kappa shape index (κ1) is 15.1. The highest BCUT2D eigenvalue weighted by atomic mass is 16.2. The van der Waals surface area contributed by atoms with Crippen LogP contribution in [0.2, 0.25) is 0 Å². The molecule has 4 nitrogen and oxygen atoms in total. The predicted octanol–water partition coefficient (Wildman–Crippen LogP) is 3.47. The lowest BCUT2D eigenvalue weighted by Crippen LogP contribution is -2.30. The van der Waals surface area contributed by atoms with Gasteiger partial charge in [0.15, 0.2) is 0 Å². The van der Waals surface area contributed by atoms with E-state index in [1.54, 1.807) is 24.3 Å². The van der Waals surface area contributed by atoms with E-state index < -0.39 is 0 Å². The summed E-state index contributed by atoms with van der Waals surface area (Å²) in [6.07, 6.45) is 3.87. The largest absolute Gasteiger partial charge is 0.299 e. The summed E-state index contributed by atoms with van der Waals surface area (Å²) in [4.78, 5) is 28.7. The molecule has 24 heavy (non-hydrogen) atoms. The summed E-state index contributed by atoms with van der Waals surface area (Å²) < 4.78 is 0. The molecule has 0 atom stereocenters. The third-order valence-electron chi connectivity index (χ3n) is 4.84. The number of amides is 2. The van der Waals surface area contributed by atoms with Crippen molar-refractivity contribution in [1.82, 2.24) is 4.90 Å². The second-order valence-corrected chi connectivity index (χ2v) is 6.49. The lowest BCUT2D eigenvalue weighted by Gasteiger charge is -2.26. The zero-order valence-electron chi connectivity index (χ0n) is 13.6. The van der Waals surface area contributed by atoms with Crippen LogP contribution in [0.1, 0.15) is 45.5 Å². The van der Waals surface area contributed by atoms with Crippen molar-refractivity contribution < 1.29 is 9.59 Å². The van der Waals surface area contributed by atoms with Gasteiger partial charge in [0.25, 0.3) is 11.8 Å². The van der Waals surface area contributed by atoms with E-state index in [9.17, 15) is 9.59 Å². The molecule has 2 aliphatic heterocycles. The molecule has 0 saturated carbocycles. The lowest BCUT2D eigenvalue weighted by atomic mass is 10.1. The van der Waals surface area contributed by atoms with Crippen LogP contribution < -0.4 is 4.90 Å². The molecule has 2 aliphatic rings. The number of fused-ring (bicyclic) bond motifs is 1. The van der Waals surface area contributed by atoms with Crippen molar-refractivity contribution in [1.29, 1.82) is 0 Å². The number of anilines is 1. The molecule has 1 saturated heterocycles. The second-order valence-electron chi connectivity index (χ2n) is 6.49. The summed E-state index contributed by atoms with van der Waals surface area (Å²) in [5.74, 6) is -0.473. The molecule has 2 aromatic carbocycles. The van der Waals surface area contributed by atoms with Gasteiger partial charge in [-0.3, -0.25) is 14.5 Å². The van der Waals surface area contributed by atoms with E-state index in [1.165, 1.54) is 29.7 Å². The number of imide groups is 1. The smallest absolute Gasteiger partial charge is 0.266 e. The van der Waals surface area contributed by atoms with Crippen molar-refractivity contribution >= 4 is 17.5 Å². The topological polar surface area (TPSA) is 40.6 Å². The molecule has 2 heterocycles. The molecule has 4 heteroatoms. The van der Waals surface area contributed by atoms with Crippen LogP contribution >= 0.6 is 0 Å². The van der Waals surface area contributed by atoms with Crippen molar-refractivity contribution in [2.24, 2.45) is 0 Å². The van der Waals surface area contributed by atoms with Gasteiger partial charge >= 0.3 is 0 Å². The van der Waals surface area contributed by atoms with Crippen LogP contribution in [-0.2, 0) is 6.54 Å². The fraction of sp³-hybridized carbons (Fsp3) is 0.300. The average Bonchev–Trinajstić information content (AvgIpc) is 2.88. The monoisotopic (exact) mass is 320 g/mol. The van der Waals surface area contributed by atoms with Crippen LogP contribution in [-0.4, -0.2) is 29.8 Å². The van der Waals surface area contributed by atoms with E-state index in [1.807, 2.05) is 24.3 Å². The van der Waals surface area contributed by atoms with E-state index in [0.717, 1.165) is 19.6 Å². The fourth-order valence-electron chi connectivity index (χ4n) is 3.55. The minimum Gasteiger partial charge on any atom is -0.299 e. The highest BCUT2D eigenvalue weighted by Crippen LogP contribution is 2.28. The van der Waals surface area contributed by atoms with Crippen LogP contribution in [0.15, 0.2) is 48.5 Å². The van der Waals surface area contributed by atoms with Crippen molar-refractivity contribution in [2.75, 3.05) is 18.0 Å². The van der Waals surface area contributed by atoms with E-state index in [2.05, 4.69) is 4.90 Å². The Morgan fingerprint density at radius 1 is 0.750 bits per heavy atom. The Morgan fingerprint density at radius 2 is 1.33 bits per heavy atom. The summed E-state index contributed by atoms with van der Waals surface area (Å²) in [5.41, 5.74) is 2.83. The van der Waals surface area contributed by atoms with E-state index in [-0.39, 0.29) is 11.8 Å². The zero-order chi connectivity index (χ0) is 16.5. The van der Waals surface area contributed by atoms with Crippen LogP contribution in [0.25, 0.3) is 0 Å². The third kappa shape index (κ3) is 2.63. The standard InChI is InChI=1S/C20H20N2O2/c23-19-17-6-2-3-7-18(17)20(24)22(19)16-10-8-15(9-11-16)14-21-12-4-1-5-13-21/h2-3,6-11H,1,4-5,12-14H2. The van der Waals surface area contributed by atoms with Gasteiger partial charge in [0.05, 0.1) is 16.8 Å². The van der Waals surface area contributed by atoms with Gasteiger partial charge in [-0.2, -0.15) is 0 Å². The number of rotatable bonds is 3. The van der Waals surface area contributed by atoms with Crippen molar-refractivity contribution in [3.63, 3.8) is 0 Å². The number of benzene rings is 2. The number of hydrogen-bond acceptors (Lipinski definition) is 3. The van der Waals surface area contributed by atoms with Crippen molar-refractivity contribution in [3.8, 4) is 0 Å². The molecule has 1 fully saturated rings. The molecular formula is C20H20N2O2. The minimum absolute atomic E-state index is 0.237. The maximum atomic E-state index is 12.5.